The van der Waals surface area contributed by atoms with Crippen LogP contribution >= 0.6 is 0 Å². The van der Waals surface area contributed by atoms with E-state index in [1.165, 1.54) is 0 Å². The molecule has 154 valence electrons. The van der Waals surface area contributed by atoms with Gasteiger partial charge in [0.15, 0.2) is 11.6 Å². The van der Waals surface area contributed by atoms with E-state index in [2.05, 4.69) is 0 Å². The first-order chi connectivity index (χ1) is 13.1. The molecule has 3 fully saturated rings. The number of rotatable bonds is 3. The van der Waals surface area contributed by atoms with Crippen LogP contribution in [0.1, 0.15) is 52.4 Å². The van der Waals surface area contributed by atoms with Crippen molar-refractivity contribution in [2.24, 2.45) is 28.6 Å². The lowest BCUT2D eigenvalue weighted by molar-refractivity contribution is -0.307. The van der Waals surface area contributed by atoms with Crippen molar-refractivity contribution < 1.29 is 34.7 Å². The number of aliphatic hydroxyl groups excluding tert-OH is 1. The smallest absolute Gasteiger partial charge is 0.190 e. The summed E-state index contributed by atoms with van der Waals surface area (Å²) in [6.45, 7) is 2.95. The van der Waals surface area contributed by atoms with E-state index in [1.807, 2.05) is 6.92 Å². The van der Waals surface area contributed by atoms with Gasteiger partial charge in [-0.2, -0.15) is 0 Å². The maximum Gasteiger partial charge on any atom is 0.190 e. The number of hydrogen-bond donors (Lipinski definition) is 3. The number of carbonyl (C=O) groups is 3. The second kappa shape index (κ2) is 6.29. The van der Waals surface area contributed by atoms with Crippen LogP contribution < -0.4 is 0 Å². The minimum Gasteiger partial charge on any atom is -0.388 e. The van der Waals surface area contributed by atoms with Crippen LogP contribution in [0.25, 0.3) is 0 Å². The number of ketones is 3. The summed E-state index contributed by atoms with van der Waals surface area (Å²) in [6.07, 6.45) is 3.04. The van der Waals surface area contributed by atoms with Crippen LogP contribution in [0.2, 0.25) is 0 Å². The topological polar surface area (TPSA) is 121 Å². The normalized spacial score (nSPS) is 47.8. The molecule has 4 aliphatic carbocycles. The van der Waals surface area contributed by atoms with Gasteiger partial charge in [0, 0.05) is 29.6 Å². The molecule has 28 heavy (non-hydrogen) atoms. The highest BCUT2D eigenvalue weighted by atomic mass is 17.1. The summed E-state index contributed by atoms with van der Waals surface area (Å²) in [5.41, 5.74) is -2.53. The fourth-order valence-corrected chi connectivity index (χ4v) is 7.14. The highest BCUT2D eigenvalue weighted by Crippen LogP contribution is 2.66. The lowest BCUT2D eigenvalue weighted by Crippen LogP contribution is -2.63. The zero-order chi connectivity index (χ0) is 20.5. The zero-order valence-corrected chi connectivity index (χ0v) is 16.3. The Labute approximate surface area is 163 Å². The maximum atomic E-state index is 13.4. The van der Waals surface area contributed by atoms with Crippen LogP contribution in [0, 0.1) is 28.6 Å². The van der Waals surface area contributed by atoms with Crippen molar-refractivity contribution in [2.45, 2.75) is 64.1 Å². The molecule has 0 aliphatic heterocycles. The Balaban J connectivity index is 1.78. The van der Waals surface area contributed by atoms with Gasteiger partial charge < -0.3 is 10.2 Å². The average molecular weight is 392 g/mol. The molecule has 0 aromatic rings. The molecule has 0 aromatic heterocycles. The van der Waals surface area contributed by atoms with Crippen LogP contribution in [0.15, 0.2) is 11.6 Å². The number of carbonyl (C=O) groups excluding carboxylic acids is 3. The van der Waals surface area contributed by atoms with Crippen molar-refractivity contribution in [3.8, 4) is 0 Å². The van der Waals surface area contributed by atoms with Crippen LogP contribution in [0.5, 0.6) is 0 Å². The van der Waals surface area contributed by atoms with Crippen molar-refractivity contribution in [2.75, 3.05) is 6.61 Å². The number of fused-ring (bicyclic) bond motifs is 5. The second-order valence-electron chi connectivity index (χ2n) is 9.54. The molecule has 0 aromatic carbocycles. The summed E-state index contributed by atoms with van der Waals surface area (Å²) in [4.78, 5) is 42.6. The monoisotopic (exact) mass is 392 g/mol. The SMILES string of the molecule is C[C@]12CC(=O)[C@H]3[C@@H](CCC4=CC(=O)CC(OO)[C@@]43C)[C@@H]1CC[C@]2(O)C(=O)CO. The minimum absolute atomic E-state index is 0.0296. The van der Waals surface area contributed by atoms with E-state index in [4.69, 9.17) is 4.89 Å². The van der Waals surface area contributed by atoms with Gasteiger partial charge in [-0.05, 0) is 43.6 Å². The van der Waals surface area contributed by atoms with Crippen molar-refractivity contribution >= 4 is 17.3 Å². The molecule has 3 saturated carbocycles. The highest BCUT2D eigenvalue weighted by Gasteiger charge is 2.69. The third-order valence-electron chi connectivity index (χ3n) is 8.62. The summed E-state index contributed by atoms with van der Waals surface area (Å²) in [5, 5.41) is 30.1. The molecule has 0 heterocycles. The molecular weight excluding hydrogens is 364 g/mol. The summed E-state index contributed by atoms with van der Waals surface area (Å²) < 4.78 is 0. The second-order valence-corrected chi connectivity index (χ2v) is 9.54. The maximum absolute atomic E-state index is 13.4. The van der Waals surface area contributed by atoms with E-state index in [1.54, 1.807) is 13.0 Å². The Morgan fingerprint density at radius 3 is 2.64 bits per heavy atom. The van der Waals surface area contributed by atoms with E-state index in [0.29, 0.717) is 19.3 Å². The van der Waals surface area contributed by atoms with Gasteiger partial charge in [-0.15, -0.1) is 0 Å². The molecule has 4 rings (SSSR count). The van der Waals surface area contributed by atoms with Crippen LogP contribution in [-0.4, -0.2) is 51.1 Å². The van der Waals surface area contributed by atoms with E-state index >= 15 is 0 Å². The molecular formula is C21H28O7. The fraction of sp³-hybridized carbons (Fsp3) is 0.762. The predicted octanol–water partition coefficient (Wildman–Crippen LogP) is 1.46. The zero-order valence-electron chi connectivity index (χ0n) is 16.3. The number of Topliss-reactive ketones (excluding diaryl/α,β-unsaturated/α-hetero) is 2. The third kappa shape index (κ3) is 2.27. The van der Waals surface area contributed by atoms with Crippen molar-refractivity contribution in [1.82, 2.24) is 0 Å². The van der Waals surface area contributed by atoms with Gasteiger partial charge in [-0.25, -0.2) is 4.89 Å². The molecule has 0 radical (unpaired) electrons. The van der Waals surface area contributed by atoms with Crippen molar-refractivity contribution in [3.63, 3.8) is 0 Å². The Morgan fingerprint density at radius 2 is 2.00 bits per heavy atom. The van der Waals surface area contributed by atoms with Crippen LogP contribution in [0.4, 0.5) is 0 Å². The van der Waals surface area contributed by atoms with Crippen LogP contribution in [0.3, 0.4) is 0 Å². The molecule has 0 spiro atoms. The quantitative estimate of drug-likeness (QED) is 0.491. The van der Waals surface area contributed by atoms with Gasteiger partial charge in [0.05, 0.1) is 0 Å². The first-order valence-corrected chi connectivity index (χ1v) is 10.1. The summed E-state index contributed by atoms with van der Waals surface area (Å²) in [7, 11) is 0. The van der Waals surface area contributed by atoms with Gasteiger partial charge in [0.25, 0.3) is 0 Å². The Kier molecular flexibility index (Phi) is 4.47. The third-order valence-corrected chi connectivity index (χ3v) is 8.62. The average Bonchev–Trinajstić information content (AvgIpc) is 2.92. The molecule has 1 unspecified atom stereocenters. The standard InChI is InChI=1S/C21H28O7/c1-19-9-15(24)18-13(14(19)5-6-21(19,26)16(25)10-22)4-3-11-7-12(23)8-17(28-27)20(11,18)2/h7,13-14,17-18,22,26-27H,3-6,8-10H2,1-2H3/t13-,14-,17?,18+,19-,20+,21-/m0/s1. The highest BCUT2D eigenvalue weighted by molar-refractivity contribution is 5.95. The lowest BCUT2D eigenvalue weighted by atomic mass is 9.45. The van der Waals surface area contributed by atoms with Gasteiger partial charge in [-0.1, -0.05) is 19.4 Å². The van der Waals surface area contributed by atoms with E-state index < -0.39 is 40.8 Å². The molecule has 0 bridgehead atoms. The lowest BCUT2D eigenvalue weighted by Gasteiger charge is -2.58. The number of hydrogen-bond acceptors (Lipinski definition) is 7. The predicted molar refractivity (Wildman–Crippen MR) is 97.0 cm³/mol. The molecule has 0 amide bonds. The summed E-state index contributed by atoms with van der Waals surface area (Å²) >= 11 is 0. The Bertz CT molecular complexity index is 773. The largest absolute Gasteiger partial charge is 0.388 e. The Hall–Kier alpha value is -1.41. The summed E-state index contributed by atoms with van der Waals surface area (Å²) in [6, 6.07) is 0. The van der Waals surface area contributed by atoms with Crippen molar-refractivity contribution in [1.29, 1.82) is 0 Å². The molecule has 7 heteroatoms. The van der Waals surface area contributed by atoms with E-state index in [-0.39, 0.29) is 42.7 Å². The summed E-state index contributed by atoms with van der Waals surface area (Å²) in [5.74, 6) is -1.35. The minimum atomic E-state index is -1.69. The van der Waals surface area contributed by atoms with Gasteiger partial charge in [-0.3, -0.25) is 19.6 Å². The molecule has 4 aliphatic rings. The van der Waals surface area contributed by atoms with Gasteiger partial charge >= 0.3 is 0 Å². The van der Waals surface area contributed by atoms with E-state index in [9.17, 15) is 29.9 Å². The fourth-order valence-electron chi connectivity index (χ4n) is 7.14. The number of aliphatic hydroxyl groups is 2. The molecule has 0 saturated heterocycles. The van der Waals surface area contributed by atoms with Crippen LogP contribution in [-0.2, 0) is 19.3 Å². The van der Waals surface area contributed by atoms with Crippen molar-refractivity contribution in [3.05, 3.63) is 11.6 Å². The first kappa shape index (κ1) is 19.9. The van der Waals surface area contributed by atoms with Gasteiger partial charge in [0.1, 0.15) is 24.1 Å². The molecule has 3 N–H and O–H groups in total. The molecule has 7 nitrogen and oxygen atoms in total. The van der Waals surface area contributed by atoms with E-state index in [0.717, 1.165) is 5.57 Å². The first-order valence-electron chi connectivity index (χ1n) is 10.1. The van der Waals surface area contributed by atoms with Gasteiger partial charge in [0.2, 0.25) is 0 Å². The Morgan fingerprint density at radius 1 is 1.29 bits per heavy atom. The molecule has 7 atom stereocenters.